The van der Waals surface area contributed by atoms with Gasteiger partial charge in [-0.25, -0.2) is 10.5 Å². The third kappa shape index (κ3) is 4.12. The SMILES string of the molecule is C(=NC1CO1)NONONC1CO1. The molecule has 3 N–H and O–H groups in total. The highest BCUT2D eigenvalue weighted by molar-refractivity contribution is 5.52. The Morgan fingerprint density at radius 2 is 2.15 bits per heavy atom. The minimum absolute atomic E-state index is 0.0185. The van der Waals surface area contributed by atoms with Gasteiger partial charge in [-0.3, -0.25) is 0 Å². The standard InChI is InChI=1S/C5H10N4O4/c1-4(10-1)6-3-7-12-9-13-8-5-2-11-5/h3-5,8-9H,1-2H2,(H,6,7). The second-order valence-corrected chi connectivity index (χ2v) is 2.41. The fourth-order valence-electron chi connectivity index (χ4n) is 0.520. The lowest BCUT2D eigenvalue weighted by atomic mass is 10.8. The Kier molecular flexibility index (Phi) is 3.02. The summed E-state index contributed by atoms with van der Waals surface area (Å²) in [7, 11) is 0. The van der Waals surface area contributed by atoms with Crippen LogP contribution < -0.4 is 16.6 Å². The summed E-state index contributed by atoms with van der Waals surface area (Å²) in [5.41, 5.74) is 6.98. The van der Waals surface area contributed by atoms with Gasteiger partial charge in [0, 0.05) is 0 Å². The first-order valence-electron chi connectivity index (χ1n) is 3.78. The van der Waals surface area contributed by atoms with Crippen LogP contribution in [-0.2, 0) is 19.4 Å². The summed E-state index contributed by atoms with van der Waals surface area (Å²) in [5, 5.41) is 0. The number of hydrogen-bond acceptors (Lipinski definition) is 7. The average Bonchev–Trinajstić information content (AvgIpc) is 2.99. The predicted octanol–water partition coefficient (Wildman–Crippen LogP) is -1.81. The van der Waals surface area contributed by atoms with Gasteiger partial charge in [0.15, 0.2) is 12.5 Å². The number of nitrogens with one attached hydrogen (secondary N) is 3. The Bertz CT molecular complexity index is 181. The number of epoxide rings is 2. The van der Waals surface area contributed by atoms with E-state index in [0.717, 1.165) is 0 Å². The first kappa shape index (κ1) is 8.81. The van der Waals surface area contributed by atoms with Crippen LogP contribution in [-0.4, -0.2) is 32.0 Å². The molecule has 0 bridgehead atoms. The Morgan fingerprint density at radius 3 is 2.85 bits per heavy atom. The predicted molar refractivity (Wildman–Crippen MR) is 39.5 cm³/mol. The molecule has 2 heterocycles. The van der Waals surface area contributed by atoms with Crippen molar-refractivity contribution in [3.05, 3.63) is 0 Å². The Labute approximate surface area is 74.0 Å². The minimum Gasteiger partial charge on any atom is -0.355 e. The normalized spacial score (nSPS) is 30.8. The molecule has 8 nitrogen and oxygen atoms in total. The molecule has 2 saturated heterocycles. The van der Waals surface area contributed by atoms with Gasteiger partial charge in [0.05, 0.1) is 13.2 Å². The molecule has 2 rings (SSSR count). The molecule has 2 fully saturated rings. The van der Waals surface area contributed by atoms with Gasteiger partial charge in [-0.05, 0) is 5.64 Å². The van der Waals surface area contributed by atoms with Gasteiger partial charge in [0.1, 0.15) is 6.34 Å². The molecule has 2 atom stereocenters. The maximum atomic E-state index is 4.80. The van der Waals surface area contributed by atoms with Crippen LogP contribution in [0.2, 0.25) is 0 Å². The molecule has 0 amide bonds. The molecule has 0 saturated carbocycles. The molecule has 74 valence electrons. The fourth-order valence-corrected chi connectivity index (χ4v) is 0.520. The topological polar surface area (TPSA) is 92.0 Å². The number of nitrogens with zero attached hydrogens (tertiary/aromatic N) is 1. The van der Waals surface area contributed by atoms with E-state index >= 15 is 0 Å². The molecule has 0 spiro atoms. The highest BCUT2D eigenvalue weighted by Crippen LogP contribution is 2.07. The van der Waals surface area contributed by atoms with Crippen molar-refractivity contribution >= 4 is 6.34 Å². The molecule has 2 aliphatic rings. The van der Waals surface area contributed by atoms with Crippen molar-refractivity contribution in [3.63, 3.8) is 0 Å². The summed E-state index contributed by atoms with van der Waals surface area (Å²) in [5.74, 6) is 0. The highest BCUT2D eigenvalue weighted by Gasteiger charge is 2.22. The van der Waals surface area contributed by atoms with E-state index < -0.39 is 0 Å². The summed E-state index contributed by atoms with van der Waals surface area (Å²) in [4.78, 5) is 13.0. The van der Waals surface area contributed by atoms with E-state index in [1.54, 1.807) is 0 Å². The third-order valence-electron chi connectivity index (χ3n) is 1.28. The van der Waals surface area contributed by atoms with Crippen LogP contribution in [0.3, 0.4) is 0 Å². The van der Waals surface area contributed by atoms with Crippen LogP contribution >= 0.6 is 0 Å². The summed E-state index contributed by atoms with van der Waals surface area (Å²) in [6, 6.07) is 0. The van der Waals surface area contributed by atoms with Crippen molar-refractivity contribution in [1.82, 2.24) is 16.6 Å². The van der Waals surface area contributed by atoms with E-state index in [4.69, 9.17) is 9.47 Å². The Hall–Kier alpha value is -0.770. The van der Waals surface area contributed by atoms with Gasteiger partial charge in [-0.1, -0.05) is 0 Å². The van der Waals surface area contributed by atoms with Gasteiger partial charge >= 0.3 is 0 Å². The zero-order valence-electron chi connectivity index (χ0n) is 6.73. The lowest BCUT2D eigenvalue weighted by Crippen LogP contribution is -2.32. The van der Waals surface area contributed by atoms with E-state index in [0.29, 0.717) is 13.2 Å². The van der Waals surface area contributed by atoms with Crippen LogP contribution in [0.4, 0.5) is 0 Å². The Morgan fingerprint density at radius 1 is 1.31 bits per heavy atom. The fraction of sp³-hybridized carbons (Fsp3) is 0.800. The first-order valence-corrected chi connectivity index (χ1v) is 3.78. The zero-order valence-corrected chi connectivity index (χ0v) is 6.73. The number of ether oxygens (including phenoxy) is 2. The molecule has 0 aromatic rings. The lowest BCUT2D eigenvalue weighted by molar-refractivity contribution is -0.231. The molecular formula is C5H10N4O4. The number of hydroxylamine groups is 2. The molecule has 0 aliphatic carbocycles. The largest absolute Gasteiger partial charge is 0.355 e. The molecule has 0 aromatic heterocycles. The summed E-state index contributed by atoms with van der Waals surface area (Å²) in [6.07, 6.45) is 1.31. The molecule has 8 heteroatoms. The van der Waals surface area contributed by atoms with Crippen molar-refractivity contribution < 1.29 is 19.4 Å². The molecule has 2 unspecified atom stereocenters. The van der Waals surface area contributed by atoms with Crippen molar-refractivity contribution in [2.45, 2.75) is 12.5 Å². The van der Waals surface area contributed by atoms with E-state index in [1.807, 2.05) is 0 Å². The van der Waals surface area contributed by atoms with Crippen LogP contribution in [0.15, 0.2) is 4.99 Å². The van der Waals surface area contributed by atoms with Crippen LogP contribution in [0, 0.1) is 0 Å². The van der Waals surface area contributed by atoms with Gasteiger partial charge < -0.3 is 9.47 Å². The first-order chi connectivity index (χ1) is 6.45. The maximum Gasteiger partial charge on any atom is 0.173 e. The van der Waals surface area contributed by atoms with E-state index in [9.17, 15) is 0 Å². The highest BCUT2D eigenvalue weighted by atomic mass is 17.0. The van der Waals surface area contributed by atoms with E-state index in [-0.39, 0.29) is 12.5 Å². The zero-order chi connectivity index (χ0) is 8.93. The Balaban J connectivity index is 1.35. The van der Waals surface area contributed by atoms with E-state index in [1.165, 1.54) is 6.34 Å². The molecular weight excluding hydrogens is 180 g/mol. The van der Waals surface area contributed by atoms with Gasteiger partial charge in [-0.2, -0.15) is 9.88 Å². The smallest absolute Gasteiger partial charge is 0.173 e. The summed E-state index contributed by atoms with van der Waals surface area (Å²) in [6.45, 7) is 1.32. The second kappa shape index (κ2) is 4.46. The molecule has 13 heavy (non-hydrogen) atoms. The second-order valence-electron chi connectivity index (χ2n) is 2.41. The van der Waals surface area contributed by atoms with E-state index in [2.05, 4.69) is 31.5 Å². The van der Waals surface area contributed by atoms with Gasteiger partial charge in [0.2, 0.25) is 0 Å². The quantitative estimate of drug-likeness (QED) is 0.143. The third-order valence-corrected chi connectivity index (χ3v) is 1.28. The van der Waals surface area contributed by atoms with Crippen LogP contribution in [0.5, 0.6) is 0 Å². The summed E-state index contributed by atoms with van der Waals surface area (Å²) >= 11 is 0. The number of rotatable bonds is 7. The van der Waals surface area contributed by atoms with Crippen LogP contribution in [0.1, 0.15) is 0 Å². The molecule has 0 radical (unpaired) electrons. The molecule has 0 aromatic carbocycles. The van der Waals surface area contributed by atoms with Crippen molar-refractivity contribution in [2.75, 3.05) is 13.2 Å². The minimum atomic E-state index is -0.0374. The molecule has 2 aliphatic heterocycles. The number of aliphatic imine (C=N–C) groups is 1. The lowest BCUT2D eigenvalue weighted by Gasteiger charge is -2.02. The maximum absolute atomic E-state index is 4.80. The van der Waals surface area contributed by atoms with Gasteiger partial charge in [-0.15, -0.1) is 5.48 Å². The van der Waals surface area contributed by atoms with Gasteiger partial charge in [0.25, 0.3) is 0 Å². The average molecular weight is 190 g/mol. The monoisotopic (exact) mass is 190 g/mol. The summed E-state index contributed by atoms with van der Waals surface area (Å²) < 4.78 is 9.58. The van der Waals surface area contributed by atoms with Crippen molar-refractivity contribution in [1.29, 1.82) is 0 Å². The van der Waals surface area contributed by atoms with Crippen LogP contribution in [0.25, 0.3) is 0 Å². The number of hydrogen-bond donors (Lipinski definition) is 3. The van der Waals surface area contributed by atoms with Crippen molar-refractivity contribution in [2.24, 2.45) is 4.99 Å². The van der Waals surface area contributed by atoms with Crippen molar-refractivity contribution in [3.8, 4) is 0 Å².